The van der Waals surface area contributed by atoms with Crippen LogP contribution in [-0.2, 0) is 32.6 Å². The van der Waals surface area contributed by atoms with Crippen molar-refractivity contribution in [1.82, 2.24) is 10.2 Å². The zero-order valence-corrected chi connectivity index (χ0v) is 30.0. The summed E-state index contributed by atoms with van der Waals surface area (Å²) < 4.78 is 35.7. The summed E-state index contributed by atoms with van der Waals surface area (Å²) in [5.41, 5.74) is 2.70. The number of benzene rings is 4. The molecule has 0 spiro atoms. The predicted molar refractivity (Wildman–Crippen MR) is 190 cm³/mol. The summed E-state index contributed by atoms with van der Waals surface area (Å²) in [5, 5.41) is 3.23. The minimum absolute atomic E-state index is 0.0117. The second kappa shape index (κ2) is 16.3. The quantitative estimate of drug-likeness (QED) is 0.148. The van der Waals surface area contributed by atoms with Crippen LogP contribution in [-0.4, -0.2) is 50.9 Å². The van der Waals surface area contributed by atoms with E-state index in [1.54, 1.807) is 24.3 Å². The Labute approximate surface area is 290 Å². The number of nitrogens with one attached hydrogen (secondary N) is 1. The molecule has 4 aromatic rings. The van der Waals surface area contributed by atoms with Crippen molar-refractivity contribution < 1.29 is 22.7 Å². The van der Waals surface area contributed by atoms with Gasteiger partial charge in [0, 0.05) is 23.5 Å². The maximum Gasteiger partial charge on any atom is 0.264 e. The van der Waals surface area contributed by atoms with Crippen LogP contribution < -0.4 is 14.4 Å². The lowest BCUT2D eigenvalue weighted by Crippen LogP contribution is -2.54. The molecule has 4 rings (SSSR count). The smallest absolute Gasteiger partial charge is 0.264 e. The van der Waals surface area contributed by atoms with Gasteiger partial charge in [0.1, 0.15) is 18.3 Å². The van der Waals surface area contributed by atoms with Crippen molar-refractivity contribution >= 4 is 55.1 Å². The number of anilines is 1. The summed E-state index contributed by atoms with van der Waals surface area (Å²) in [6.07, 6.45) is 0.926. The van der Waals surface area contributed by atoms with E-state index in [-0.39, 0.29) is 40.5 Å². The molecule has 1 N–H and O–H groups in total. The first kappa shape index (κ1) is 36.0. The SMILES string of the molecule is CC[C@@H](C)NC(=O)[C@H](Cc1ccccc1)N(Cc1ccc(Br)cc1)C(=O)CN(c1ccc(OC)c(Cl)c1)S(=O)(=O)c1ccc(C)cc1. The molecule has 0 saturated carbocycles. The van der Waals surface area contributed by atoms with Gasteiger partial charge in [0.15, 0.2) is 0 Å². The molecular weight excluding hydrogens is 702 g/mol. The van der Waals surface area contributed by atoms with Crippen LogP contribution in [0.2, 0.25) is 5.02 Å². The molecule has 4 aromatic carbocycles. The molecule has 0 bridgehead atoms. The molecule has 0 aliphatic carbocycles. The largest absolute Gasteiger partial charge is 0.495 e. The van der Waals surface area contributed by atoms with Gasteiger partial charge in [-0.3, -0.25) is 13.9 Å². The maximum absolute atomic E-state index is 14.6. The minimum Gasteiger partial charge on any atom is -0.495 e. The van der Waals surface area contributed by atoms with Gasteiger partial charge in [-0.25, -0.2) is 8.42 Å². The first-order valence-corrected chi connectivity index (χ1v) is 17.8. The lowest BCUT2D eigenvalue weighted by Gasteiger charge is -2.34. The number of carbonyl (C=O) groups is 2. The molecule has 2 amide bonds. The van der Waals surface area contributed by atoms with E-state index in [0.29, 0.717) is 12.2 Å². The Hall–Kier alpha value is -3.86. The van der Waals surface area contributed by atoms with Gasteiger partial charge in [-0.15, -0.1) is 0 Å². The number of nitrogens with zero attached hydrogens (tertiary/aromatic N) is 2. The van der Waals surface area contributed by atoms with Crippen LogP contribution >= 0.6 is 27.5 Å². The molecule has 0 aliphatic heterocycles. The van der Waals surface area contributed by atoms with Crippen molar-refractivity contribution in [2.75, 3.05) is 18.0 Å². The monoisotopic (exact) mass is 739 g/mol. The molecule has 0 radical (unpaired) electrons. The van der Waals surface area contributed by atoms with E-state index < -0.39 is 28.5 Å². The zero-order chi connectivity index (χ0) is 34.1. The van der Waals surface area contributed by atoms with E-state index >= 15 is 0 Å². The fourth-order valence-electron chi connectivity index (χ4n) is 4.96. The number of hydrogen-bond acceptors (Lipinski definition) is 5. The molecule has 248 valence electrons. The van der Waals surface area contributed by atoms with Crippen LogP contribution in [0.25, 0.3) is 0 Å². The van der Waals surface area contributed by atoms with Gasteiger partial charge < -0.3 is 15.0 Å². The Morgan fingerprint density at radius 2 is 1.60 bits per heavy atom. The number of ether oxygens (including phenoxy) is 1. The Balaban J connectivity index is 1.83. The number of methoxy groups -OCH3 is 1. The van der Waals surface area contributed by atoms with E-state index in [9.17, 15) is 18.0 Å². The summed E-state index contributed by atoms with van der Waals surface area (Å²) in [6.45, 7) is 5.21. The highest BCUT2D eigenvalue weighted by molar-refractivity contribution is 9.10. The van der Waals surface area contributed by atoms with E-state index in [4.69, 9.17) is 16.3 Å². The number of amides is 2. The van der Waals surface area contributed by atoms with Gasteiger partial charge in [-0.2, -0.15) is 0 Å². The van der Waals surface area contributed by atoms with Gasteiger partial charge in [0.05, 0.1) is 22.7 Å². The molecule has 0 aliphatic rings. The number of sulfonamides is 1. The second-order valence-electron chi connectivity index (χ2n) is 11.3. The average Bonchev–Trinajstić information content (AvgIpc) is 3.06. The van der Waals surface area contributed by atoms with Gasteiger partial charge in [0.25, 0.3) is 10.0 Å². The molecule has 0 fully saturated rings. The summed E-state index contributed by atoms with van der Waals surface area (Å²) in [7, 11) is -2.80. The van der Waals surface area contributed by atoms with Crippen LogP contribution in [0.4, 0.5) is 5.69 Å². The Morgan fingerprint density at radius 1 is 0.936 bits per heavy atom. The van der Waals surface area contributed by atoms with E-state index in [0.717, 1.165) is 25.5 Å². The maximum atomic E-state index is 14.6. The van der Waals surface area contributed by atoms with Crippen LogP contribution in [0.1, 0.15) is 37.0 Å². The normalized spacial score (nSPS) is 12.6. The minimum atomic E-state index is -4.26. The topological polar surface area (TPSA) is 96.0 Å². The highest BCUT2D eigenvalue weighted by atomic mass is 79.9. The molecule has 47 heavy (non-hydrogen) atoms. The van der Waals surface area contributed by atoms with Gasteiger partial charge in [0.2, 0.25) is 11.8 Å². The van der Waals surface area contributed by atoms with Crippen molar-refractivity contribution in [3.05, 3.63) is 123 Å². The number of rotatable bonds is 14. The van der Waals surface area contributed by atoms with Crippen molar-refractivity contribution in [2.24, 2.45) is 0 Å². The molecule has 11 heteroatoms. The van der Waals surface area contributed by atoms with Crippen LogP contribution in [0.15, 0.2) is 106 Å². The number of aryl methyl sites for hydroxylation is 1. The summed E-state index contributed by atoms with van der Waals surface area (Å²) >= 11 is 9.91. The Morgan fingerprint density at radius 3 is 2.19 bits per heavy atom. The molecule has 0 unspecified atom stereocenters. The van der Waals surface area contributed by atoms with Gasteiger partial charge in [-0.05, 0) is 73.9 Å². The summed E-state index contributed by atoms with van der Waals surface area (Å²) in [5.74, 6) is -0.527. The first-order chi connectivity index (χ1) is 22.4. The third-order valence-electron chi connectivity index (χ3n) is 7.85. The van der Waals surface area contributed by atoms with E-state index in [2.05, 4.69) is 21.2 Å². The fraction of sp³-hybridized carbons (Fsp3) is 0.278. The van der Waals surface area contributed by atoms with Crippen molar-refractivity contribution in [1.29, 1.82) is 0 Å². The van der Waals surface area contributed by atoms with Crippen LogP contribution in [0.3, 0.4) is 0 Å². The van der Waals surface area contributed by atoms with E-state index in [1.165, 1.54) is 30.2 Å². The third kappa shape index (κ3) is 9.37. The zero-order valence-electron chi connectivity index (χ0n) is 26.8. The van der Waals surface area contributed by atoms with E-state index in [1.807, 2.05) is 75.4 Å². The van der Waals surface area contributed by atoms with Crippen LogP contribution in [0, 0.1) is 6.92 Å². The van der Waals surface area contributed by atoms with Crippen LogP contribution in [0.5, 0.6) is 5.75 Å². The molecular formula is C36H39BrClN3O5S. The fourth-order valence-corrected chi connectivity index (χ4v) is 6.88. The Kier molecular flexibility index (Phi) is 12.5. The predicted octanol–water partition coefficient (Wildman–Crippen LogP) is 7.17. The number of carbonyl (C=O) groups excluding carboxylic acids is 2. The number of hydrogen-bond donors (Lipinski definition) is 1. The molecule has 0 saturated heterocycles. The summed E-state index contributed by atoms with van der Waals surface area (Å²) in [6, 6.07) is 26.8. The molecule has 2 atom stereocenters. The highest BCUT2D eigenvalue weighted by Gasteiger charge is 2.35. The first-order valence-electron chi connectivity index (χ1n) is 15.2. The average molecular weight is 741 g/mol. The molecule has 0 heterocycles. The lowest BCUT2D eigenvalue weighted by molar-refractivity contribution is -0.140. The lowest BCUT2D eigenvalue weighted by atomic mass is 10.0. The second-order valence-corrected chi connectivity index (χ2v) is 14.5. The van der Waals surface area contributed by atoms with Crippen molar-refractivity contribution in [2.45, 2.75) is 57.1 Å². The Bertz CT molecular complexity index is 1770. The van der Waals surface area contributed by atoms with Gasteiger partial charge in [-0.1, -0.05) is 94.6 Å². The standard InChI is InChI=1S/C36H39BrClN3O5S/c1-5-26(3)39-36(43)33(21-27-9-7-6-8-10-27)40(23-28-13-15-29(37)16-14-28)35(42)24-41(30-17-20-34(46-4)32(38)22-30)47(44,45)31-18-11-25(2)12-19-31/h6-20,22,26,33H,5,21,23-24H2,1-4H3,(H,39,43)/t26-,33+/m1/s1. The van der Waals surface area contributed by atoms with Crippen molar-refractivity contribution in [3.63, 3.8) is 0 Å². The third-order valence-corrected chi connectivity index (χ3v) is 10.5. The number of halogens is 2. The van der Waals surface area contributed by atoms with Crippen molar-refractivity contribution in [3.8, 4) is 5.75 Å². The molecule has 8 nitrogen and oxygen atoms in total. The highest BCUT2D eigenvalue weighted by Crippen LogP contribution is 2.32. The summed E-state index contributed by atoms with van der Waals surface area (Å²) in [4.78, 5) is 30.0. The van der Waals surface area contributed by atoms with Gasteiger partial charge >= 0.3 is 0 Å². The molecule has 0 aromatic heterocycles.